The summed E-state index contributed by atoms with van der Waals surface area (Å²) in [6.45, 7) is 8.10. The van der Waals surface area contributed by atoms with Crippen LogP contribution in [0.2, 0.25) is 0 Å². The zero-order chi connectivity index (χ0) is 20.4. The van der Waals surface area contributed by atoms with Crippen molar-refractivity contribution < 1.29 is 19.4 Å². The number of ether oxygens (including phenoxy) is 1. The lowest BCUT2D eigenvalue weighted by Gasteiger charge is -2.18. The number of alkyl carbamates (subject to hydrolysis) is 1. The average molecular weight is 381 g/mol. The van der Waals surface area contributed by atoms with Crippen molar-refractivity contribution in [1.82, 2.24) is 5.32 Å². The van der Waals surface area contributed by atoms with Crippen molar-refractivity contribution in [3.63, 3.8) is 0 Å². The molecule has 1 amide bonds. The molecule has 1 unspecified atom stereocenters. The normalized spacial score (nSPS) is 13.8. The number of aryl methyl sites for hydroxylation is 2. The van der Waals surface area contributed by atoms with Crippen LogP contribution in [0.4, 0.5) is 4.79 Å². The maximum atomic E-state index is 12.3. The van der Waals surface area contributed by atoms with Crippen LogP contribution >= 0.6 is 0 Å². The maximum absolute atomic E-state index is 12.3. The van der Waals surface area contributed by atoms with Gasteiger partial charge >= 0.3 is 12.1 Å². The van der Waals surface area contributed by atoms with E-state index < -0.39 is 18.1 Å². The van der Waals surface area contributed by atoms with E-state index in [1.807, 2.05) is 27.7 Å². The van der Waals surface area contributed by atoms with E-state index in [4.69, 9.17) is 4.74 Å². The van der Waals surface area contributed by atoms with Gasteiger partial charge in [0.05, 0.1) is 0 Å². The van der Waals surface area contributed by atoms with Gasteiger partial charge in [-0.3, -0.25) is 0 Å². The topological polar surface area (TPSA) is 75.6 Å². The number of hydrogen-bond donors (Lipinski definition) is 2. The van der Waals surface area contributed by atoms with Gasteiger partial charge in [0.25, 0.3) is 0 Å². The largest absolute Gasteiger partial charge is 0.480 e. The minimum absolute atomic E-state index is 0.0519. The molecule has 1 atom stereocenters. The van der Waals surface area contributed by atoms with Gasteiger partial charge in [-0.1, -0.05) is 61.4 Å². The number of fused-ring (bicyclic) bond motifs is 3. The summed E-state index contributed by atoms with van der Waals surface area (Å²) in [6, 6.07) is 11.7. The van der Waals surface area contributed by atoms with Crippen molar-refractivity contribution in [1.29, 1.82) is 0 Å². The molecular weight excluding hydrogens is 354 g/mol. The minimum atomic E-state index is -1.05. The third kappa shape index (κ3) is 4.19. The number of hydrogen-bond acceptors (Lipinski definition) is 3. The molecule has 0 fully saturated rings. The Hall–Kier alpha value is -2.82. The highest BCUT2D eigenvalue weighted by Crippen LogP contribution is 2.45. The van der Waals surface area contributed by atoms with Crippen LogP contribution in [-0.4, -0.2) is 29.8 Å². The molecule has 0 radical (unpaired) electrons. The molecule has 148 valence electrons. The second-order valence-electron chi connectivity index (χ2n) is 8.00. The highest BCUT2D eigenvalue weighted by molar-refractivity contribution is 5.81. The molecule has 2 aromatic carbocycles. The van der Waals surface area contributed by atoms with Crippen molar-refractivity contribution in [2.24, 2.45) is 5.92 Å². The van der Waals surface area contributed by atoms with Crippen LogP contribution < -0.4 is 5.32 Å². The summed E-state index contributed by atoms with van der Waals surface area (Å²) >= 11 is 0. The molecule has 28 heavy (non-hydrogen) atoms. The fourth-order valence-corrected chi connectivity index (χ4v) is 3.81. The monoisotopic (exact) mass is 381 g/mol. The van der Waals surface area contributed by atoms with Crippen molar-refractivity contribution in [3.05, 3.63) is 58.7 Å². The predicted octanol–water partition coefficient (Wildman–Crippen LogP) is 4.64. The number of carbonyl (C=O) groups excluding carboxylic acids is 1. The van der Waals surface area contributed by atoms with E-state index in [0.717, 1.165) is 33.4 Å². The first kappa shape index (κ1) is 19.9. The number of rotatable bonds is 6. The molecule has 0 heterocycles. The molecule has 0 bridgehead atoms. The van der Waals surface area contributed by atoms with Gasteiger partial charge in [0.1, 0.15) is 12.6 Å². The van der Waals surface area contributed by atoms with Crippen molar-refractivity contribution >= 4 is 12.1 Å². The number of carboxylic acid groups (broad SMARTS) is 1. The van der Waals surface area contributed by atoms with E-state index in [-0.39, 0.29) is 18.4 Å². The molecular formula is C23H27NO4. The van der Waals surface area contributed by atoms with Crippen molar-refractivity contribution in [2.75, 3.05) is 6.61 Å². The molecule has 0 saturated heterocycles. The molecule has 5 heteroatoms. The number of benzene rings is 2. The average Bonchev–Trinajstić information content (AvgIpc) is 2.90. The fraction of sp³-hybridized carbons (Fsp3) is 0.391. The Morgan fingerprint density at radius 2 is 1.57 bits per heavy atom. The molecule has 0 spiro atoms. The van der Waals surface area contributed by atoms with Gasteiger partial charge in [0, 0.05) is 5.92 Å². The van der Waals surface area contributed by atoms with E-state index >= 15 is 0 Å². The Kier molecular flexibility index (Phi) is 5.73. The summed E-state index contributed by atoms with van der Waals surface area (Å²) in [6.07, 6.45) is -0.332. The third-order valence-corrected chi connectivity index (χ3v) is 5.13. The van der Waals surface area contributed by atoms with E-state index in [0.29, 0.717) is 6.42 Å². The van der Waals surface area contributed by atoms with Crippen LogP contribution in [0, 0.1) is 19.8 Å². The van der Waals surface area contributed by atoms with Gasteiger partial charge in [-0.25, -0.2) is 9.59 Å². The van der Waals surface area contributed by atoms with Crippen LogP contribution in [0.3, 0.4) is 0 Å². The molecule has 2 N–H and O–H groups in total. The van der Waals surface area contributed by atoms with Gasteiger partial charge < -0.3 is 15.2 Å². The van der Waals surface area contributed by atoms with Crippen molar-refractivity contribution in [2.45, 2.75) is 46.1 Å². The second kappa shape index (κ2) is 8.05. The van der Waals surface area contributed by atoms with Gasteiger partial charge in [-0.05, 0) is 48.4 Å². The van der Waals surface area contributed by atoms with Crippen molar-refractivity contribution in [3.8, 4) is 11.1 Å². The highest BCUT2D eigenvalue weighted by atomic mass is 16.5. The summed E-state index contributed by atoms with van der Waals surface area (Å²) in [4.78, 5) is 23.6. The molecule has 3 rings (SSSR count). The molecule has 0 aromatic heterocycles. The maximum Gasteiger partial charge on any atom is 0.407 e. The third-order valence-electron chi connectivity index (χ3n) is 5.13. The van der Waals surface area contributed by atoms with Gasteiger partial charge in [-0.2, -0.15) is 0 Å². The quantitative estimate of drug-likeness (QED) is 0.764. The number of nitrogens with one attached hydrogen (secondary N) is 1. The standard InChI is InChI=1S/C23H27NO4/c1-13(2)9-21(22(25)26)24-23(27)28-12-20-18-10-14(3)5-7-16(18)17-8-6-15(4)11-19(17)20/h5-8,10-11,13,20-21H,9,12H2,1-4H3,(H,24,27)(H,25,26). The van der Waals surface area contributed by atoms with Crippen LogP contribution in [0.25, 0.3) is 11.1 Å². The number of carbonyl (C=O) groups is 2. The van der Waals surface area contributed by atoms with Gasteiger partial charge in [0.2, 0.25) is 0 Å². The first-order chi connectivity index (χ1) is 13.3. The Bertz CT molecular complexity index is 852. The number of amides is 1. The minimum Gasteiger partial charge on any atom is -0.480 e. The number of carboxylic acids is 1. The van der Waals surface area contributed by atoms with Crippen LogP contribution in [0.5, 0.6) is 0 Å². The van der Waals surface area contributed by atoms with Crippen LogP contribution in [-0.2, 0) is 9.53 Å². The molecule has 1 aliphatic rings. The molecule has 0 saturated carbocycles. The zero-order valence-corrected chi connectivity index (χ0v) is 16.8. The van der Waals surface area contributed by atoms with E-state index in [9.17, 15) is 14.7 Å². The van der Waals surface area contributed by atoms with Crippen LogP contribution in [0.1, 0.15) is 48.4 Å². The molecule has 1 aliphatic carbocycles. The molecule has 2 aromatic rings. The van der Waals surface area contributed by atoms with Gasteiger partial charge in [0.15, 0.2) is 0 Å². The predicted molar refractivity (Wildman–Crippen MR) is 109 cm³/mol. The first-order valence-electron chi connectivity index (χ1n) is 9.63. The Balaban J connectivity index is 1.77. The summed E-state index contributed by atoms with van der Waals surface area (Å²) in [5, 5.41) is 11.8. The van der Waals surface area contributed by atoms with E-state index in [1.54, 1.807) is 0 Å². The Morgan fingerprint density at radius 3 is 2.04 bits per heavy atom. The molecule has 0 aliphatic heterocycles. The fourth-order valence-electron chi connectivity index (χ4n) is 3.81. The Labute approximate surface area is 165 Å². The summed E-state index contributed by atoms with van der Waals surface area (Å²) in [5.41, 5.74) is 6.92. The summed E-state index contributed by atoms with van der Waals surface area (Å²) in [7, 11) is 0. The smallest absolute Gasteiger partial charge is 0.407 e. The van der Waals surface area contributed by atoms with E-state index in [1.165, 1.54) is 0 Å². The first-order valence-corrected chi connectivity index (χ1v) is 9.63. The van der Waals surface area contributed by atoms with E-state index in [2.05, 4.69) is 41.7 Å². The lowest BCUT2D eigenvalue weighted by molar-refractivity contribution is -0.139. The summed E-state index contributed by atoms with van der Waals surface area (Å²) < 4.78 is 5.47. The lowest BCUT2D eigenvalue weighted by Crippen LogP contribution is -2.42. The lowest BCUT2D eigenvalue weighted by atomic mass is 9.96. The SMILES string of the molecule is Cc1ccc2c(c1)C(COC(=O)NC(CC(C)C)C(=O)O)c1cc(C)ccc1-2. The summed E-state index contributed by atoms with van der Waals surface area (Å²) in [5.74, 6) is -0.946. The second-order valence-corrected chi connectivity index (χ2v) is 8.00. The number of aliphatic carboxylic acids is 1. The molecule has 5 nitrogen and oxygen atoms in total. The van der Waals surface area contributed by atoms with Gasteiger partial charge in [-0.15, -0.1) is 0 Å². The highest BCUT2D eigenvalue weighted by Gasteiger charge is 2.30. The zero-order valence-electron chi connectivity index (χ0n) is 16.8. The van der Waals surface area contributed by atoms with Crippen LogP contribution in [0.15, 0.2) is 36.4 Å². The Morgan fingerprint density at radius 1 is 1.04 bits per heavy atom.